The number of non-ortho nitro benzene ring substituents is 1. The molecule has 0 fully saturated rings. The minimum atomic E-state index is -0.466. The van der Waals surface area contributed by atoms with Crippen LogP contribution < -0.4 is 10.1 Å². The molecule has 114 valence electrons. The zero-order valence-corrected chi connectivity index (χ0v) is 12.6. The van der Waals surface area contributed by atoms with E-state index >= 15 is 0 Å². The van der Waals surface area contributed by atoms with E-state index in [2.05, 4.69) is 5.32 Å². The number of thiocarbonyl (C=S) groups is 1. The second-order valence-electron chi connectivity index (χ2n) is 4.44. The van der Waals surface area contributed by atoms with Crippen LogP contribution in [0.25, 0.3) is 0 Å². The molecule has 2 aromatic carbocycles. The number of rotatable bonds is 5. The molecule has 0 saturated heterocycles. The second-order valence-corrected chi connectivity index (χ2v) is 4.85. The molecular weight excluding hydrogens is 304 g/mol. The zero-order valence-electron chi connectivity index (χ0n) is 11.8. The van der Waals surface area contributed by atoms with Crippen molar-refractivity contribution in [3.63, 3.8) is 0 Å². The molecule has 2 aromatic rings. The number of nitro benzene ring substituents is 1. The molecule has 0 bridgehead atoms. The van der Waals surface area contributed by atoms with Crippen LogP contribution in [-0.2, 0) is 6.61 Å². The Labute approximate surface area is 132 Å². The van der Waals surface area contributed by atoms with E-state index in [0.29, 0.717) is 27.6 Å². The predicted octanol–water partition coefficient (Wildman–Crippen LogP) is 2.88. The van der Waals surface area contributed by atoms with Gasteiger partial charge in [0, 0.05) is 35.0 Å². The summed E-state index contributed by atoms with van der Waals surface area (Å²) in [6.07, 6.45) is 0. The molecule has 0 amide bonds. The summed E-state index contributed by atoms with van der Waals surface area (Å²) in [7, 11) is 1.55. The van der Waals surface area contributed by atoms with Crippen molar-refractivity contribution in [3.05, 3.63) is 63.7 Å². The Balaban J connectivity index is 2.22. The van der Waals surface area contributed by atoms with Crippen LogP contribution in [0, 0.1) is 10.1 Å². The number of aliphatic hydroxyl groups is 1. The molecule has 6 nitrogen and oxygen atoms in total. The summed E-state index contributed by atoms with van der Waals surface area (Å²) in [6, 6.07) is 11.1. The van der Waals surface area contributed by atoms with Crippen LogP contribution in [0.15, 0.2) is 42.5 Å². The summed E-state index contributed by atoms with van der Waals surface area (Å²) in [4.78, 5) is 10.6. The van der Waals surface area contributed by atoms with Gasteiger partial charge in [0.2, 0.25) is 0 Å². The van der Waals surface area contributed by atoms with E-state index in [1.165, 1.54) is 12.1 Å². The van der Waals surface area contributed by atoms with E-state index < -0.39 is 4.92 Å². The van der Waals surface area contributed by atoms with E-state index in [4.69, 9.17) is 17.0 Å². The van der Waals surface area contributed by atoms with E-state index in [-0.39, 0.29) is 12.3 Å². The molecule has 0 aliphatic heterocycles. The number of ether oxygens (including phenoxy) is 1. The van der Waals surface area contributed by atoms with Gasteiger partial charge in [0.15, 0.2) is 0 Å². The van der Waals surface area contributed by atoms with Gasteiger partial charge in [-0.05, 0) is 18.2 Å². The van der Waals surface area contributed by atoms with E-state index in [9.17, 15) is 15.2 Å². The quantitative estimate of drug-likeness (QED) is 0.501. The molecule has 0 aliphatic carbocycles. The zero-order chi connectivity index (χ0) is 16.1. The molecule has 0 heterocycles. The minimum Gasteiger partial charge on any atom is -0.497 e. The number of nitrogens with zero attached hydrogens (tertiary/aromatic N) is 1. The Morgan fingerprint density at radius 3 is 2.55 bits per heavy atom. The van der Waals surface area contributed by atoms with Crippen molar-refractivity contribution in [1.29, 1.82) is 0 Å². The number of aliphatic hydroxyl groups excluding tert-OH is 1. The highest BCUT2D eigenvalue weighted by atomic mass is 32.1. The van der Waals surface area contributed by atoms with Crippen LogP contribution in [0.3, 0.4) is 0 Å². The molecule has 2 rings (SSSR count). The van der Waals surface area contributed by atoms with Gasteiger partial charge in [-0.1, -0.05) is 18.3 Å². The third-order valence-corrected chi connectivity index (χ3v) is 3.41. The van der Waals surface area contributed by atoms with Crippen molar-refractivity contribution in [2.45, 2.75) is 6.61 Å². The third-order valence-electron chi connectivity index (χ3n) is 3.08. The topological polar surface area (TPSA) is 84.6 Å². The van der Waals surface area contributed by atoms with Gasteiger partial charge in [-0.15, -0.1) is 0 Å². The number of methoxy groups -OCH3 is 1. The van der Waals surface area contributed by atoms with Gasteiger partial charge in [0.1, 0.15) is 10.7 Å². The number of hydrogen-bond acceptors (Lipinski definition) is 5. The molecule has 22 heavy (non-hydrogen) atoms. The lowest BCUT2D eigenvalue weighted by Gasteiger charge is -2.13. The first-order chi connectivity index (χ1) is 10.5. The van der Waals surface area contributed by atoms with Crippen LogP contribution in [0.4, 0.5) is 11.4 Å². The summed E-state index contributed by atoms with van der Waals surface area (Å²) in [6.45, 7) is -0.144. The first-order valence-electron chi connectivity index (χ1n) is 6.38. The Morgan fingerprint density at radius 1 is 1.32 bits per heavy atom. The second kappa shape index (κ2) is 6.97. The predicted molar refractivity (Wildman–Crippen MR) is 87.3 cm³/mol. The molecule has 0 aliphatic rings. The van der Waals surface area contributed by atoms with Crippen molar-refractivity contribution < 1.29 is 14.8 Å². The highest BCUT2D eigenvalue weighted by molar-refractivity contribution is 7.81. The summed E-state index contributed by atoms with van der Waals surface area (Å²) < 4.78 is 5.14. The Hall–Kier alpha value is -2.51. The highest BCUT2D eigenvalue weighted by Crippen LogP contribution is 2.23. The first kappa shape index (κ1) is 15.9. The largest absolute Gasteiger partial charge is 0.497 e. The number of anilines is 1. The maximum atomic E-state index is 10.6. The molecule has 0 saturated carbocycles. The number of nitro groups is 1. The summed E-state index contributed by atoms with van der Waals surface area (Å²) in [5.74, 6) is 0.631. The summed E-state index contributed by atoms with van der Waals surface area (Å²) >= 11 is 5.30. The van der Waals surface area contributed by atoms with Crippen molar-refractivity contribution >= 4 is 28.6 Å². The normalized spacial score (nSPS) is 10.1. The van der Waals surface area contributed by atoms with Crippen LogP contribution in [0.2, 0.25) is 0 Å². The lowest BCUT2D eigenvalue weighted by molar-refractivity contribution is -0.384. The SMILES string of the molecule is COc1ccc(CO)c(NC(=S)c2ccc([N+](=O)[O-])cc2)c1. The van der Waals surface area contributed by atoms with Crippen molar-refractivity contribution in [1.82, 2.24) is 0 Å². The van der Waals surface area contributed by atoms with Gasteiger partial charge >= 0.3 is 0 Å². The van der Waals surface area contributed by atoms with Gasteiger partial charge in [-0.2, -0.15) is 0 Å². The van der Waals surface area contributed by atoms with Gasteiger partial charge in [-0.3, -0.25) is 10.1 Å². The summed E-state index contributed by atoms with van der Waals surface area (Å²) in [5.41, 5.74) is 1.95. The first-order valence-corrected chi connectivity index (χ1v) is 6.79. The Bertz CT molecular complexity index is 701. The maximum absolute atomic E-state index is 10.6. The molecule has 0 radical (unpaired) electrons. The van der Waals surface area contributed by atoms with Gasteiger partial charge < -0.3 is 15.2 Å². The van der Waals surface area contributed by atoms with Crippen LogP contribution in [-0.4, -0.2) is 22.1 Å². The minimum absolute atomic E-state index is 0.00368. The number of benzene rings is 2. The van der Waals surface area contributed by atoms with Gasteiger partial charge in [0.25, 0.3) is 5.69 Å². The van der Waals surface area contributed by atoms with Crippen LogP contribution in [0.5, 0.6) is 5.75 Å². The molecule has 0 atom stereocenters. The monoisotopic (exact) mass is 318 g/mol. The highest BCUT2D eigenvalue weighted by Gasteiger charge is 2.09. The fraction of sp³-hybridized carbons (Fsp3) is 0.133. The average Bonchev–Trinajstić information content (AvgIpc) is 2.54. The molecular formula is C15H14N2O4S. The van der Waals surface area contributed by atoms with Crippen molar-refractivity contribution in [3.8, 4) is 5.75 Å². The smallest absolute Gasteiger partial charge is 0.269 e. The lowest BCUT2D eigenvalue weighted by atomic mass is 10.1. The van der Waals surface area contributed by atoms with E-state index in [1.807, 2.05) is 0 Å². The van der Waals surface area contributed by atoms with E-state index in [0.717, 1.165) is 0 Å². The van der Waals surface area contributed by atoms with Crippen LogP contribution >= 0.6 is 12.2 Å². The molecule has 0 spiro atoms. The Morgan fingerprint density at radius 2 is 2.00 bits per heavy atom. The molecule has 0 aromatic heterocycles. The fourth-order valence-electron chi connectivity index (χ4n) is 1.87. The molecule has 7 heteroatoms. The third kappa shape index (κ3) is 3.57. The standard InChI is InChI=1S/C15H14N2O4S/c1-21-13-7-4-11(9-18)14(8-13)16-15(22)10-2-5-12(6-3-10)17(19)20/h2-8,18H,9H2,1H3,(H,16,22). The summed E-state index contributed by atoms with van der Waals surface area (Å²) in [5, 5.41) is 23.0. The van der Waals surface area contributed by atoms with Gasteiger partial charge in [0.05, 0.1) is 18.6 Å². The average molecular weight is 318 g/mol. The Kier molecular flexibility index (Phi) is 5.03. The lowest BCUT2D eigenvalue weighted by Crippen LogP contribution is -2.12. The fourth-order valence-corrected chi connectivity index (χ4v) is 2.11. The number of nitrogens with one attached hydrogen (secondary N) is 1. The molecule has 0 unspecified atom stereocenters. The van der Waals surface area contributed by atoms with Gasteiger partial charge in [-0.25, -0.2) is 0 Å². The number of hydrogen-bond donors (Lipinski definition) is 2. The van der Waals surface area contributed by atoms with Crippen LogP contribution in [0.1, 0.15) is 11.1 Å². The van der Waals surface area contributed by atoms with E-state index in [1.54, 1.807) is 37.4 Å². The molecule has 2 N–H and O–H groups in total. The van der Waals surface area contributed by atoms with Crippen molar-refractivity contribution in [2.24, 2.45) is 0 Å². The van der Waals surface area contributed by atoms with Crippen molar-refractivity contribution in [2.75, 3.05) is 12.4 Å². The maximum Gasteiger partial charge on any atom is 0.269 e.